The van der Waals surface area contributed by atoms with Crippen LogP contribution in [0.4, 0.5) is 0 Å². The fourth-order valence-corrected chi connectivity index (χ4v) is 3.02. The van der Waals surface area contributed by atoms with E-state index in [1.807, 2.05) is 11.8 Å². The molecule has 1 rings (SSSR count). The molecule has 1 aliphatic rings. The maximum atomic E-state index is 10.3. The van der Waals surface area contributed by atoms with E-state index in [2.05, 4.69) is 26.2 Å². The van der Waals surface area contributed by atoms with E-state index in [0.29, 0.717) is 12.5 Å². The maximum absolute atomic E-state index is 10.3. The van der Waals surface area contributed by atoms with E-state index in [1.165, 1.54) is 0 Å². The topological polar surface area (TPSA) is 94.3 Å². The van der Waals surface area contributed by atoms with Crippen molar-refractivity contribution in [2.45, 2.75) is 18.9 Å². The molecule has 1 aliphatic heterocycles. The van der Waals surface area contributed by atoms with Crippen LogP contribution in [0, 0.1) is 20.9 Å². The van der Waals surface area contributed by atoms with Crippen LogP contribution in [0.15, 0.2) is 5.34 Å². The van der Waals surface area contributed by atoms with Gasteiger partial charge in [-0.3, -0.25) is 0 Å². The summed E-state index contributed by atoms with van der Waals surface area (Å²) in [5.41, 5.74) is 0. The smallest absolute Gasteiger partial charge is 0.294 e. The van der Waals surface area contributed by atoms with E-state index >= 15 is 0 Å². The normalized spacial score (nSPS) is 18.8. The van der Waals surface area contributed by atoms with Crippen LogP contribution in [0.1, 0.15) is 12.8 Å². The second kappa shape index (κ2) is 8.92. The minimum absolute atomic E-state index is 0.199. The Morgan fingerprint density at radius 2 is 2.21 bits per heavy atom. The highest BCUT2D eigenvalue weighted by Gasteiger charge is 2.23. The molecule has 0 N–H and O–H groups in total. The first kappa shape index (κ1) is 16.0. The lowest BCUT2D eigenvalue weighted by atomic mass is 9.99. The first-order chi connectivity index (χ1) is 9.15. The zero-order valence-electron chi connectivity index (χ0n) is 10.9. The molecule has 0 amide bonds. The van der Waals surface area contributed by atoms with Crippen LogP contribution in [-0.4, -0.2) is 54.3 Å². The first-order valence-electron chi connectivity index (χ1n) is 6.12. The summed E-state index contributed by atoms with van der Waals surface area (Å²) in [6.07, 6.45) is 3.49. The fourth-order valence-electron chi connectivity index (χ4n) is 2.21. The van der Waals surface area contributed by atoms with Gasteiger partial charge in [0, 0.05) is 6.54 Å². The lowest BCUT2D eigenvalue weighted by Crippen LogP contribution is -2.42. The van der Waals surface area contributed by atoms with Gasteiger partial charge in [0.1, 0.15) is 6.61 Å². The summed E-state index contributed by atoms with van der Waals surface area (Å²) < 4.78 is 0. The summed E-state index contributed by atoms with van der Waals surface area (Å²) in [7, 11) is 0. The van der Waals surface area contributed by atoms with Gasteiger partial charge in [0.2, 0.25) is 0 Å². The molecule has 9 heteroatoms. The molecule has 0 bridgehead atoms. The Morgan fingerprint density at radius 3 is 2.74 bits per heavy atom. The van der Waals surface area contributed by atoms with E-state index in [9.17, 15) is 15.0 Å². The third-order valence-corrected chi connectivity index (χ3v) is 3.92. The van der Waals surface area contributed by atoms with Crippen molar-refractivity contribution in [3.8, 4) is 0 Å². The molecule has 1 atom stereocenters. The van der Waals surface area contributed by atoms with Crippen molar-refractivity contribution in [3.05, 3.63) is 15.0 Å². The largest absolute Gasteiger partial charge is 0.362 e. The molecular formula is C10H19N3O5S. The van der Waals surface area contributed by atoms with Crippen LogP contribution in [-0.2, 0) is 9.68 Å². The third kappa shape index (κ3) is 6.58. The highest BCUT2D eigenvalue weighted by atomic mass is 32.2. The Hall–Kier alpha value is -1.09. The van der Waals surface area contributed by atoms with Crippen LogP contribution in [0.25, 0.3) is 0 Å². The van der Waals surface area contributed by atoms with Gasteiger partial charge >= 0.3 is 0 Å². The molecule has 0 radical (unpaired) electrons. The number of hydrogen-bond donors (Lipinski definition) is 0. The van der Waals surface area contributed by atoms with Gasteiger partial charge in [-0.2, -0.15) is 11.8 Å². The minimum Gasteiger partial charge on any atom is -0.362 e. The molecule has 8 nitrogen and oxygen atoms in total. The van der Waals surface area contributed by atoms with Crippen molar-refractivity contribution < 1.29 is 14.8 Å². The van der Waals surface area contributed by atoms with E-state index in [4.69, 9.17) is 0 Å². The number of hydrogen-bond acceptors (Lipinski definition) is 8. The molecule has 110 valence electrons. The molecule has 1 heterocycles. The number of piperidine rings is 1. The van der Waals surface area contributed by atoms with Crippen molar-refractivity contribution in [2.75, 3.05) is 38.2 Å². The molecule has 0 aromatic rings. The van der Waals surface area contributed by atoms with Crippen molar-refractivity contribution >= 4 is 11.8 Å². The Labute approximate surface area is 115 Å². The summed E-state index contributed by atoms with van der Waals surface area (Å²) in [5.74, 6) is 1.87. The molecule has 0 aliphatic carbocycles. The maximum Gasteiger partial charge on any atom is 0.294 e. The van der Waals surface area contributed by atoms with Crippen LogP contribution < -0.4 is 0 Å². The van der Waals surface area contributed by atoms with E-state index in [0.717, 1.165) is 31.7 Å². The monoisotopic (exact) mass is 293 g/mol. The highest BCUT2D eigenvalue weighted by Crippen LogP contribution is 2.20. The molecule has 1 fully saturated rings. The van der Waals surface area contributed by atoms with Crippen molar-refractivity contribution in [1.29, 1.82) is 0 Å². The predicted octanol–water partition coefficient (Wildman–Crippen LogP) is 1.34. The lowest BCUT2D eigenvalue weighted by Gasteiger charge is -2.33. The van der Waals surface area contributed by atoms with Crippen molar-refractivity contribution in [2.24, 2.45) is 11.3 Å². The van der Waals surface area contributed by atoms with Gasteiger partial charge in [-0.15, -0.1) is 15.0 Å². The van der Waals surface area contributed by atoms with Crippen LogP contribution in [0.5, 0.6) is 0 Å². The number of rotatable bonds is 9. The Kier molecular flexibility index (Phi) is 7.49. The molecular weight excluding hydrogens is 274 g/mol. The van der Waals surface area contributed by atoms with Gasteiger partial charge in [-0.1, -0.05) is 0 Å². The Bertz CT molecular complexity index is 286. The molecule has 0 saturated carbocycles. The first-order valence-corrected chi connectivity index (χ1v) is 7.52. The molecule has 0 spiro atoms. The van der Waals surface area contributed by atoms with Crippen LogP contribution >= 0.6 is 11.8 Å². The fraction of sp³-hybridized carbons (Fsp3) is 1.00. The zero-order valence-corrected chi connectivity index (χ0v) is 11.7. The molecule has 0 aromatic heterocycles. The Balaban J connectivity index is 2.33. The summed E-state index contributed by atoms with van der Waals surface area (Å²) in [6.45, 7) is 1.95. The second-order valence-corrected chi connectivity index (χ2v) is 5.43. The number of nitrogens with zero attached hydrogens (tertiary/aromatic N) is 3. The number of likely N-dealkylation sites (tertiary alicyclic amines) is 1. The van der Waals surface area contributed by atoms with Gasteiger partial charge in [0.15, 0.2) is 11.4 Å². The highest BCUT2D eigenvalue weighted by molar-refractivity contribution is 7.98. The second-order valence-electron chi connectivity index (χ2n) is 4.52. The summed E-state index contributed by atoms with van der Waals surface area (Å²) in [5, 5.41) is 11.7. The average molecular weight is 293 g/mol. The standard InChI is InChI=1S/C10H19N3O5S/c1-19-8-9-2-4-12(5-3-9)6-10(7-17-11-14)18-13(15)16/h9-10H,2-8H2,1H3. The summed E-state index contributed by atoms with van der Waals surface area (Å²) in [6, 6.07) is 0. The predicted molar refractivity (Wildman–Crippen MR) is 71.2 cm³/mol. The van der Waals surface area contributed by atoms with Gasteiger partial charge in [0.05, 0.1) is 0 Å². The van der Waals surface area contributed by atoms with E-state index < -0.39 is 11.2 Å². The van der Waals surface area contributed by atoms with E-state index in [1.54, 1.807) is 0 Å². The van der Waals surface area contributed by atoms with Crippen molar-refractivity contribution in [3.63, 3.8) is 0 Å². The summed E-state index contributed by atoms with van der Waals surface area (Å²) in [4.78, 5) is 31.1. The van der Waals surface area contributed by atoms with Crippen molar-refractivity contribution in [1.82, 2.24) is 4.90 Å². The van der Waals surface area contributed by atoms with Gasteiger partial charge in [-0.05, 0) is 43.9 Å². The molecule has 0 aromatic carbocycles. The quantitative estimate of drug-likeness (QED) is 0.359. The third-order valence-electron chi connectivity index (χ3n) is 3.12. The lowest BCUT2D eigenvalue weighted by molar-refractivity contribution is -0.769. The molecule has 1 saturated heterocycles. The number of thioether (sulfide) groups is 1. The van der Waals surface area contributed by atoms with Gasteiger partial charge in [-0.25, -0.2) is 0 Å². The van der Waals surface area contributed by atoms with Crippen LogP contribution in [0.2, 0.25) is 0 Å². The van der Waals surface area contributed by atoms with Crippen LogP contribution in [0.3, 0.4) is 0 Å². The average Bonchev–Trinajstić information content (AvgIpc) is 2.38. The SMILES string of the molecule is CSCC1CCN(CC(CON=O)O[N+](=O)[O-])CC1. The zero-order chi connectivity index (χ0) is 14.1. The van der Waals surface area contributed by atoms with Gasteiger partial charge < -0.3 is 14.6 Å². The minimum atomic E-state index is -0.862. The Morgan fingerprint density at radius 1 is 1.53 bits per heavy atom. The van der Waals surface area contributed by atoms with E-state index in [-0.39, 0.29) is 6.61 Å². The molecule has 1 unspecified atom stereocenters. The summed E-state index contributed by atoms with van der Waals surface area (Å²) >= 11 is 1.84. The van der Waals surface area contributed by atoms with Gasteiger partial charge in [0.25, 0.3) is 5.09 Å². The molecule has 19 heavy (non-hydrogen) atoms.